The van der Waals surface area contributed by atoms with Crippen molar-refractivity contribution in [1.29, 1.82) is 0 Å². The van der Waals surface area contributed by atoms with Crippen molar-refractivity contribution >= 4 is 17.4 Å². The van der Waals surface area contributed by atoms with Gasteiger partial charge in [-0.15, -0.1) is 0 Å². The fourth-order valence-electron chi connectivity index (χ4n) is 0.728. The lowest BCUT2D eigenvalue weighted by atomic mass is 10.3. The third-order valence-electron chi connectivity index (χ3n) is 1.48. The summed E-state index contributed by atoms with van der Waals surface area (Å²) in [4.78, 5) is 7.30. The van der Waals surface area contributed by atoms with Gasteiger partial charge in [-0.2, -0.15) is 0 Å². The Balaban J connectivity index is 2.58. The Labute approximate surface area is 84.5 Å². The Hall–Kier alpha value is -1.01. The summed E-state index contributed by atoms with van der Waals surface area (Å²) in [6.07, 6.45) is 2.53. The van der Waals surface area contributed by atoms with Crippen molar-refractivity contribution in [2.75, 3.05) is 18.4 Å². The van der Waals surface area contributed by atoms with Crippen molar-refractivity contribution in [3.05, 3.63) is 17.5 Å². The van der Waals surface area contributed by atoms with Crippen molar-refractivity contribution in [2.45, 2.75) is 5.92 Å². The van der Waals surface area contributed by atoms with Crippen molar-refractivity contribution < 1.29 is 8.78 Å². The monoisotopic (exact) mass is 222 g/mol. The second kappa shape index (κ2) is 4.47. The number of aromatic nitrogens is 2. The number of rotatable bonds is 4. The average molecular weight is 223 g/mol. The van der Waals surface area contributed by atoms with Crippen molar-refractivity contribution in [3.63, 3.8) is 0 Å². The first-order valence-electron chi connectivity index (χ1n) is 3.82. The van der Waals surface area contributed by atoms with Gasteiger partial charge in [0.2, 0.25) is 0 Å². The summed E-state index contributed by atoms with van der Waals surface area (Å²) in [6, 6.07) is 0. The number of hydrogen-bond donors (Lipinski definition) is 2. The first-order valence-corrected chi connectivity index (χ1v) is 4.20. The van der Waals surface area contributed by atoms with Crippen LogP contribution in [0.3, 0.4) is 0 Å². The third-order valence-corrected chi connectivity index (χ3v) is 1.76. The number of nitrogens with two attached hydrogens (primary N) is 1. The van der Waals surface area contributed by atoms with E-state index in [1.807, 2.05) is 0 Å². The maximum Gasteiger partial charge on any atom is 0.276 e. The molecule has 1 heterocycles. The molecule has 3 N–H and O–H groups in total. The van der Waals surface area contributed by atoms with Crippen LogP contribution in [0.2, 0.25) is 5.02 Å². The number of hydrogen-bond acceptors (Lipinski definition) is 4. The van der Waals surface area contributed by atoms with Crippen molar-refractivity contribution in [2.24, 2.45) is 5.73 Å². The Morgan fingerprint density at radius 1 is 1.57 bits per heavy atom. The number of nitrogens with zero attached hydrogens (tertiary/aromatic N) is 2. The molecule has 0 aliphatic carbocycles. The van der Waals surface area contributed by atoms with Gasteiger partial charge in [0.1, 0.15) is 17.2 Å². The maximum atomic E-state index is 12.7. The van der Waals surface area contributed by atoms with E-state index < -0.39 is 19.0 Å². The summed E-state index contributed by atoms with van der Waals surface area (Å²) >= 11 is 5.63. The molecular weight excluding hydrogens is 214 g/mol. The summed E-state index contributed by atoms with van der Waals surface area (Å²) in [6.45, 7) is -1.32. The molecule has 0 aliphatic rings. The molecule has 14 heavy (non-hydrogen) atoms. The van der Waals surface area contributed by atoms with Crippen LogP contribution in [0.1, 0.15) is 0 Å². The van der Waals surface area contributed by atoms with E-state index in [2.05, 4.69) is 15.3 Å². The van der Waals surface area contributed by atoms with Crippen LogP contribution < -0.4 is 11.1 Å². The Morgan fingerprint density at radius 2 is 2.29 bits per heavy atom. The molecule has 0 spiro atoms. The predicted octanol–water partition coefficient (Wildman–Crippen LogP) is 1.14. The molecule has 1 aromatic heterocycles. The third kappa shape index (κ3) is 3.04. The van der Waals surface area contributed by atoms with Gasteiger partial charge in [0.25, 0.3) is 5.92 Å². The Kier molecular flexibility index (Phi) is 3.54. The van der Waals surface area contributed by atoms with E-state index in [1.165, 1.54) is 12.5 Å². The van der Waals surface area contributed by atoms with Gasteiger partial charge in [-0.05, 0) is 0 Å². The molecule has 78 valence electrons. The lowest BCUT2D eigenvalue weighted by Crippen LogP contribution is -2.35. The molecule has 0 radical (unpaired) electrons. The second-order valence-electron chi connectivity index (χ2n) is 2.63. The maximum absolute atomic E-state index is 12.7. The highest BCUT2D eigenvalue weighted by Crippen LogP contribution is 2.18. The molecule has 0 fully saturated rings. The SMILES string of the molecule is NCC(F)(F)CNc1ncncc1Cl. The second-order valence-corrected chi connectivity index (χ2v) is 3.04. The first-order chi connectivity index (χ1) is 6.55. The van der Waals surface area contributed by atoms with Gasteiger partial charge in [0.05, 0.1) is 19.3 Å². The van der Waals surface area contributed by atoms with Crippen LogP contribution in [0.4, 0.5) is 14.6 Å². The highest BCUT2D eigenvalue weighted by Gasteiger charge is 2.26. The van der Waals surface area contributed by atoms with Crippen molar-refractivity contribution in [1.82, 2.24) is 9.97 Å². The number of anilines is 1. The zero-order chi connectivity index (χ0) is 10.6. The summed E-state index contributed by atoms with van der Waals surface area (Å²) in [7, 11) is 0. The number of halogens is 3. The van der Waals surface area contributed by atoms with Crippen LogP contribution in [-0.2, 0) is 0 Å². The van der Waals surface area contributed by atoms with E-state index in [-0.39, 0.29) is 10.8 Å². The topological polar surface area (TPSA) is 63.8 Å². The fourth-order valence-corrected chi connectivity index (χ4v) is 0.900. The lowest BCUT2D eigenvalue weighted by molar-refractivity contribution is 0.0253. The van der Waals surface area contributed by atoms with Crippen LogP contribution in [0.15, 0.2) is 12.5 Å². The molecule has 7 heteroatoms. The molecule has 0 aliphatic heterocycles. The van der Waals surface area contributed by atoms with Gasteiger partial charge in [0.15, 0.2) is 0 Å². The van der Waals surface area contributed by atoms with E-state index in [4.69, 9.17) is 17.3 Å². The van der Waals surface area contributed by atoms with Gasteiger partial charge in [-0.3, -0.25) is 0 Å². The summed E-state index contributed by atoms with van der Waals surface area (Å²) < 4.78 is 25.4. The van der Waals surface area contributed by atoms with Gasteiger partial charge in [-0.25, -0.2) is 18.7 Å². The average Bonchev–Trinajstić information content (AvgIpc) is 2.17. The zero-order valence-corrected chi connectivity index (χ0v) is 7.93. The molecule has 1 aromatic rings. The van der Waals surface area contributed by atoms with Crippen LogP contribution in [0.5, 0.6) is 0 Å². The smallest absolute Gasteiger partial charge is 0.276 e. The van der Waals surface area contributed by atoms with Crippen molar-refractivity contribution in [3.8, 4) is 0 Å². The highest BCUT2D eigenvalue weighted by atomic mass is 35.5. The van der Waals surface area contributed by atoms with Gasteiger partial charge >= 0.3 is 0 Å². The van der Waals surface area contributed by atoms with Gasteiger partial charge in [-0.1, -0.05) is 11.6 Å². The van der Waals surface area contributed by atoms with E-state index in [0.29, 0.717) is 0 Å². The van der Waals surface area contributed by atoms with Gasteiger partial charge < -0.3 is 11.1 Å². The van der Waals surface area contributed by atoms with Crippen LogP contribution in [0, 0.1) is 0 Å². The van der Waals surface area contributed by atoms with Crippen LogP contribution >= 0.6 is 11.6 Å². The molecule has 1 rings (SSSR count). The van der Waals surface area contributed by atoms with E-state index in [9.17, 15) is 8.78 Å². The lowest BCUT2D eigenvalue weighted by Gasteiger charge is -2.15. The molecule has 0 bridgehead atoms. The van der Waals surface area contributed by atoms with E-state index in [0.717, 1.165) is 0 Å². The highest BCUT2D eigenvalue weighted by molar-refractivity contribution is 6.32. The largest absolute Gasteiger partial charge is 0.363 e. The zero-order valence-electron chi connectivity index (χ0n) is 7.17. The molecule has 0 amide bonds. The minimum Gasteiger partial charge on any atom is -0.363 e. The summed E-state index contributed by atoms with van der Waals surface area (Å²) in [5.41, 5.74) is 4.85. The predicted molar refractivity (Wildman–Crippen MR) is 49.5 cm³/mol. The summed E-state index contributed by atoms with van der Waals surface area (Å²) in [5.74, 6) is -2.79. The van der Waals surface area contributed by atoms with E-state index in [1.54, 1.807) is 0 Å². The summed E-state index contributed by atoms with van der Waals surface area (Å²) in [5, 5.41) is 2.59. The molecule has 0 saturated heterocycles. The molecule has 0 atom stereocenters. The Morgan fingerprint density at radius 3 is 2.86 bits per heavy atom. The standard InChI is InChI=1S/C7H9ClF2N4/c8-5-1-12-4-14-6(5)13-3-7(9,10)2-11/h1,4H,2-3,11H2,(H,12,13,14). The van der Waals surface area contributed by atoms with Gasteiger partial charge in [0, 0.05) is 0 Å². The van der Waals surface area contributed by atoms with E-state index >= 15 is 0 Å². The quantitative estimate of drug-likeness (QED) is 0.802. The molecule has 0 saturated carbocycles. The molecule has 0 aromatic carbocycles. The molecule has 0 unspecified atom stereocenters. The minimum atomic E-state index is -2.96. The minimum absolute atomic E-state index is 0.176. The Bertz CT molecular complexity index is 307. The molecule has 4 nitrogen and oxygen atoms in total. The number of nitrogens with one attached hydrogen (secondary N) is 1. The van der Waals surface area contributed by atoms with Crippen LogP contribution in [0.25, 0.3) is 0 Å². The normalized spacial score (nSPS) is 11.4. The fraction of sp³-hybridized carbons (Fsp3) is 0.429. The number of alkyl halides is 2. The van der Waals surface area contributed by atoms with Crippen LogP contribution in [-0.4, -0.2) is 29.0 Å². The first kappa shape index (κ1) is 11.1. The molecular formula is C7H9ClF2N4.